The molecular weight excluding hydrogens is 192 g/mol. The van der Waals surface area contributed by atoms with Crippen LogP contribution in [0.25, 0.3) is 0 Å². The molecule has 0 bridgehead atoms. The standard InChI is InChI=1S/C11H16N2O2/c12-8-10-6-7-13(11(14)15-10)9-4-2-1-3-5-9/h9-10H,1-7H2. The molecule has 0 aromatic rings. The summed E-state index contributed by atoms with van der Waals surface area (Å²) in [7, 11) is 0. The molecule has 4 heteroatoms. The molecule has 15 heavy (non-hydrogen) atoms. The lowest BCUT2D eigenvalue weighted by Crippen LogP contribution is -2.47. The highest BCUT2D eigenvalue weighted by Crippen LogP contribution is 2.25. The number of cyclic esters (lactones) is 1. The van der Waals surface area contributed by atoms with Crippen molar-refractivity contribution in [3.05, 3.63) is 0 Å². The van der Waals surface area contributed by atoms with E-state index >= 15 is 0 Å². The monoisotopic (exact) mass is 208 g/mol. The molecule has 0 aromatic heterocycles. The first-order valence-corrected chi connectivity index (χ1v) is 5.68. The third-order valence-electron chi connectivity index (χ3n) is 3.27. The van der Waals surface area contributed by atoms with Crippen molar-refractivity contribution in [1.82, 2.24) is 4.90 Å². The Morgan fingerprint density at radius 1 is 1.27 bits per heavy atom. The lowest BCUT2D eigenvalue weighted by atomic mass is 9.94. The third-order valence-corrected chi connectivity index (χ3v) is 3.27. The lowest BCUT2D eigenvalue weighted by molar-refractivity contribution is 0.0252. The van der Waals surface area contributed by atoms with Crippen molar-refractivity contribution >= 4 is 6.09 Å². The van der Waals surface area contributed by atoms with E-state index in [2.05, 4.69) is 0 Å². The molecule has 0 aromatic carbocycles. The Bertz CT molecular complexity index is 279. The van der Waals surface area contributed by atoms with E-state index in [4.69, 9.17) is 10.00 Å². The van der Waals surface area contributed by atoms with Crippen LogP contribution < -0.4 is 0 Å². The van der Waals surface area contributed by atoms with Gasteiger partial charge in [0.05, 0.1) is 0 Å². The number of nitriles is 1. The van der Waals surface area contributed by atoms with Crippen molar-refractivity contribution in [2.75, 3.05) is 6.54 Å². The zero-order chi connectivity index (χ0) is 10.7. The summed E-state index contributed by atoms with van der Waals surface area (Å²) in [5, 5.41) is 8.66. The summed E-state index contributed by atoms with van der Waals surface area (Å²) in [5.41, 5.74) is 0. The molecule has 1 aliphatic heterocycles. The van der Waals surface area contributed by atoms with Crippen molar-refractivity contribution < 1.29 is 9.53 Å². The molecule has 0 spiro atoms. The number of carbonyl (C=O) groups excluding carboxylic acids is 1. The number of carbonyl (C=O) groups is 1. The average Bonchev–Trinajstić information content (AvgIpc) is 2.30. The first-order chi connectivity index (χ1) is 7.31. The Labute approximate surface area is 89.8 Å². The van der Waals surface area contributed by atoms with Crippen LogP contribution in [0.2, 0.25) is 0 Å². The Balaban J connectivity index is 1.93. The highest BCUT2D eigenvalue weighted by atomic mass is 16.6. The molecule has 0 N–H and O–H groups in total. The van der Waals surface area contributed by atoms with Crippen LogP contribution in [0, 0.1) is 11.3 Å². The van der Waals surface area contributed by atoms with Crippen molar-refractivity contribution in [3.63, 3.8) is 0 Å². The van der Waals surface area contributed by atoms with Crippen LogP contribution in [0.5, 0.6) is 0 Å². The molecular formula is C11H16N2O2. The SMILES string of the molecule is N#CC1CCN(C2CCCCC2)C(=O)O1. The number of hydrogen-bond acceptors (Lipinski definition) is 3. The van der Waals surface area contributed by atoms with Gasteiger partial charge in [0.2, 0.25) is 0 Å². The number of hydrogen-bond donors (Lipinski definition) is 0. The van der Waals surface area contributed by atoms with Crippen LogP contribution in [0.1, 0.15) is 38.5 Å². The summed E-state index contributed by atoms with van der Waals surface area (Å²) in [6.07, 6.45) is 5.70. The maximum atomic E-state index is 11.6. The van der Waals surface area contributed by atoms with Crippen LogP contribution in [-0.4, -0.2) is 29.7 Å². The Hall–Kier alpha value is -1.24. The van der Waals surface area contributed by atoms with E-state index in [1.165, 1.54) is 19.3 Å². The van der Waals surface area contributed by atoms with E-state index in [-0.39, 0.29) is 6.09 Å². The van der Waals surface area contributed by atoms with Crippen LogP contribution in [0.4, 0.5) is 4.79 Å². The molecule has 1 amide bonds. The topological polar surface area (TPSA) is 53.3 Å². The fraction of sp³-hybridized carbons (Fsp3) is 0.818. The highest BCUT2D eigenvalue weighted by Gasteiger charge is 2.32. The van der Waals surface area contributed by atoms with Gasteiger partial charge in [0, 0.05) is 19.0 Å². The first kappa shape index (κ1) is 10.3. The van der Waals surface area contributed by atoms with Crippen LogP contribution in [0.15, 0.2) is 0 Å². The van der Waals surface area contributed by atoms with Gasteiger partial charge < -0.3 is 9.64 Å². The summed E-state index contributed by atoms with van der Waals surface area (Å²) in [5.74, 6) is 0. The van der Waals surface area contributed by atoms with E-state index in [0.29, 0.717) is 19.0 Å². The zero-order valence-corrected chi connectivity index (χ0v) is 8.82. The maximum Gasteiger partial charge on any atom is 0.411 e. The molecule has 82 valence electrons. The lowest BCUT2D eigenvalue weighted by Gasteiger charge is -2.37. The van der Waals surface area contributed by atoms with E-state index < -0.39 is 6.10 Å². The molecule has 1 atom stereocenters. The first-order valence-electron chi connectivity index (χ1n) is 5.68. The molecule has 1 heterocycles. The second-order valence-electron chi connectivity index (χ2n) is 4.28. The summed E-state index contributed by atoms with van der Waals surface area (Å²) in [6.45, 7) is 0.682. The summed E-state index contributed by atoms with van der Waals surface area (Å²) >= 11 is 0. The minimum Gasteiger partial charge on any atom is -0.431 e. The number of nitrogens with zero attached hydrogens (tertiary/aromatic N) is 2. The third kappa shape index (κ3) is 2.23. The second-order valence-corrected chi connectivity index (χ2v) is 4.28. The summed E-state index contributed by atoms with van der Waals surface area (Å²) < 4.78 is 5.03. The van der Waals surface area contributed by atoms with Crippen LogP contribution >= 0.6 is 0 Å². The normalized spacial score (nSPS) is 28.3. The fourth-order valence-electron chi connectivity index (χ4n) is 2.41. The predicted octanol–water partition coefficient (Wildman–Crippen LogP) is 2.05. The molecule has 0 radical (unpaired) electrons. The Morgan fingerprint density at radius 3 is 2.60 bits per heavy atom. The number of amides is 1. The van der Waals surface area contributed by atoms with Gasteiger partial charge in [-0.25, -0.2) is 4.79 Å². The molecule has 2 aliphatic rings. The van der Waals surface area contributed by atoms with Gasteiger partial charge in [0.25, 0.3) is 0 Å². The van der Waals surface area contributed by atoms with Gasteiger partial charge in [-0.3, -0.25) is 0 Å². The molecule has 2 fully saturated rings. The predicted molar refractivity (Wildman–Crippen MR) is 54.1 cm³/mol. The highest BCUT2D eigenvalue weighted by molar-refractivity contribution is 5.69. The zero-order valence-electron chi connectivity index (χ0n) is 8.82. The maximum absolute atomic E-state index is 11.6. The quantitative estimate of drug-likeness (QED) is 0.662. The van der Waals surface area contributed by atoms with E-state index in [1.807, 2.05) is 11.0 Å². The second kappa shape index (κ2) is 4.52. The van der Waals surface area contributed by atoms with Crippen molar-refractivity contribution in [1.29, 1.82) is 5.26 Å². The average molecular weight is 208 g/mol. The Kier molecular flexibility index (Phi) is 3.10. The van der Waals surface area contributed by atoms with Crippen molar-refractivity contribution in [2.45, 2.75) is 50.7 Å². The molecule has 1 aliphatic carbocycles. The van der Waals surface area contributed by atoms with Crippen molar-refractivity contribution in [3.8, 4) is 6.07 Å². The minimum absolute atomic E-state index is 0.292. The minimum atomic E-state index is -0.530. The van der Waals surface area contributed by atoms with E-state index in [1.54, 1.807) is 0 Å². The van der Waals surface area contributed by atoms with Gasteiger partial charge >= 0.3 is 6.09 Å². The van der Waals surface area contributed by atoms with Gasteiger partial charge in [-0.05, 0) is 12.8 Å². The summed E-state index contributed by atoms with van der Waals surface area (Å²) in [6, 6.07) is 2.34. The van der Waals surface area contributed by atoms with Gasteiger partial charge in [0.15, 0.2) is 6.10 Å². The van der Waals surface area contributed by atoms with Crippen LogP contribution in [0.3, 0.4) is 0 Å². The van der Waals surface area contributed by atoms with Crippen LogP contribution in [-0.2, 0) is 4.74 Å². The molecule has 2 rings (SSSR count). The van der Waals surface area contributed by atoms with Gasteiger partial charge in [-0.15, -0.1) is 0 Å². The molecule has 4 nitrogen and oxygen atoms in total. The summed E-state index contributed by atoms with van der Waals surface area (Å²) in [4.78, 5) is 13.4. The number of rotatable bonds is 1. The van der Waals surface area contributed by atoms with E-state index in [0.717, 1.165) is 12.8 Å². The molecule has 1 saturated carbocycles. The van der Waals surface area contributed by atoms with Gasteiger partial charge in [0.1, 0.15) is 6.07 Å². The molecule has 1 saturated heterocycles. The van der Waals surface area contributed by atoms with Crippen molar-refractivity contribution in [2.24, 2.45) is 0 Å². The van der Waals surface area contributed by atoms with Gasteiger partial charge in [-0.2, -0.15) is 5.26 Å². The smallest absolute Gasteiger partial charge is 0.411 e. The fourth-order valence-corrected chi connectivity index (χ4v) is 2.41. The molecule has 1 unspecified atom stereocenters. The Morgan fingerprint density at radius 2 is 2.00 bits per heavy atom. The van der Waals surface area contributed by atoms with E-state index in [9.17, 15) is 4.79 Å². The van der Waals surface area contributed by atoms with Gasteiger partial charge in [-0.1, -0.05) is 19.3 Å². The largest absolute Gasteiger partial charge is 0.431 e. The number of ether oxygens (including phenoxy) is 1.